The molecule has 164 valence electrons. The van der Waals surface area contributed by atoms with Gasteiger partial charge in [0.05, 0.1) is 20.6 Å². The molecule has 1 fully saturated rings. The maximum atomic E-state index is 12.6. The van der Waals surface area contributed by atoms with Gasteiger partial charge in [-0.1, -0.05) is 29.3 Å². The quantitative estimate of drug-likeness (QED) is 0.438. The highest BCUT2D eigenvalue weighted by atomic mass is 35.5. The van der Waals surface area contributed by atoms with Crippen LogP contribution in [0.25, 0.3) is 11.8 Å². The van der Waals surface area contributed by atoms with E-state index in [1.54, 1.807) is 18.2 Å². The summed E-state index contributed by atoms with van der Waals surface area (Å²) in [6.45, 7) is 4.11. The van der Waals surface area contributed by atoms with Crippen LogP contribution in [-0.2, 0) is 4.79 Å². The Morgan fingerprint density at radius 3 is 2.50 bits per heavy atom. The third-order valence-corrected chi connectivity index (χ3v) is 6.90. The second-order valence-corrected chi connectivity index (χ2v) is 9.44. The molecule has 1 aliphatic heterocycles. The fourth-order valence-corrected chi connectivity index (χ4v) is 4.70. The maximum Gasteiger partial charge on any atom is 0.264 e. The summed E-state index contributed by atoms with van der Waals surface area (Å²) < 4.78 is 2.18. The molecule has 8 heteroatoms. The second-order valence-electron chi connectivity index (χ2n) is 7.63. The van der Waals surface area contributed by atoms with E-state index in [0.29, 0.717) is 25.8 Å². The molecule has 0 spiro atoms. The van der Waals surface area contributed by atoms with Crippen LogP contribution in [0.5, 0.6) is 0 Å². The smallest absolute Gasteiger partial charge is 0.264 e. The number of halogens is 2. The van der Waals surface area contributed by atoms with E-state index in [1.807, 2.05) is 20.2 Å². The number of thioether (sulfide) groups is 1. The van der Waals surface area contributed by atoms with Gasteiger partial charge in [-0.2, -0.15) is 0 Å². The van der Waals surface area contributed by atoms with Gasteiger partial charge in [0.2, 0.25) is 0 Å². The summed E-state index contributed by atoms with van der Waals surface area (Å²) in [5.41, 5.74) is 5.88. The molecular weight excluding hydrogens is 463 g/mol. The molecule has 2 aromatic carbocycles. The Kier molecular flexibility index (Phi) is 6.38. The topological polar surface area (TPSA) is 49.6 Å². The minimum absolute atomic E-state index is 0.188. The summed E-state index contributed by atoms with van der Waals surface area (Å²) in [6.07, 6.45) is 1.90. The average molecular weight is 485 g/mol. The molecule has 4 rings (SSSR count). The lowest BCUT2D eigenvalue weighted by Crippen LogP contribution is -2.19. The number of aromatic nitrogens is 1. The van der Waals surface area contributed by atoms with Gasteiger partial charge in [0, 0.05) is 36.9 Å². The number of amides is 1. The third-order valence-electron chi connectivity index (χ3n) is 5.19. The predicted octanol–water partition coefficient (Wildman–Crippen LogP) is 6.36. The molecule has 1 saturated heterocycles. The number of amidine groups is 1. The minimum atomic E-state index is -0.188. The first-order valence-corrected chi connectivity index (χ1v) is 11.5. The van der Waals surface area contributed by atoms with Crippen LogP contribution in [0, 0.1) is 13.8 Å². The first-order chi connectivity index (χ1) is 15.2. The standard InChI is InChI=1S/C24H22Cl2N4OS/c1-14-12-16(15(2)30(14)18-10-8-17(9-11-18)29(3)4)13-21-23(31)28-24(32-21)27-20-7-5-6-19(25)22(20)26/h5-13H,1-4H3,(H,27,28,31)/b21-13-. The number of aryl methyl sites for hydroxylation is 1. The van der Waals surface area contributed by atoms with Crippen LogP contribution < -0.4 is 10.2 Å². The van der Waals surface area contributed by atoms with Crippen LogP contribution in [0.15, 0.2) is 58.4 Å². The Morgan fingerprint density at radius 1 is 1.09 bits per heavy atom. The van der Waals surface area contributed by atoms with E-state index in [-0.39, 0.29) is 5.91 Å². The summed E-state index contributed by atoms with van der Waals surface area (Å²) >= 11 is 13.6. The van der Waals surface area contributed by atoms with Crippen LogP contribution in [0.3, 0.4) is 0 Å². The van der Waals surface area contributed by atoms with Crippen LogP contribution in [0.2, 0.25) is 10.0 Å². The Bertz CT molecular complexity index is 1260. The van der Waals surface area contributed by atoms with Crippen LogP contribution in [-0.4, -0.2) is 29.7 Å². The number of aliphatic imine (C=N–C) groups is 1. The molecule has 0 atom stereocenters. The molecule has 0 aliphatic carbocycles. The van der Waals surface area contributed by atoms with Crippen molar-refractivity contribution in [3.05, 3.63) is 80.4 Å². The summed E-state index contributed by atoms with van der Waals surface area (Å²) in [7, 11) is 4.04. The Labute approximate surface area is 201 Å². The van der Waals surface area contributed by atoms with Gasteiger partial charge >= 0.3 is 0 Å². The molecule has 5 nitrogen and oxygen atoms in total. The normalized spacial score (nSPS) is 16.1. The molecule has 3 aromatic rings. The maximum absolute atomic E-state index is 12.6. The Morgan fingerprint density at radius 2 is 1.81 bits per heavy atom. The fraction of sp³-hybridized carbons (Fsp3) is 0.167. The van der Waals surface area contributed by atoms with Crippen molar-refractivity contribution in [2.75, 3.05) is 19.0 Å². The highest BCUT2D eigenvalue weighted by Gasteiger charge is 2.25. The molecule has 1 aliphatic rings. The Balaban J connectivity index is 1.63. The van der Waals surface area contributed by atoms with Gasteiger partial charge in [-0.3, -0.25) is 4.79 Å². The van der Waals surface area contributed by atoms with E-state index in [9.17, 15) is 4.79 Å². The highest BCUT2D eigenvalue weighted by molar-refractivity contribution is 8.18. The SMILES string of the molecule is Cc1cc(/C=C2\SC(=Nc3cccc(Cl)c3Cl)NC2=O)c(C)n1-c1ccc(N(C)C)cc1. The van der Waals surface area contributed by atoms with Gasteiger partial charge in [-0.05, 0) is 79.7 Å². The lowest BCUT2D eigenvalue weighted by atomic mass is 10.2. The Hall–Kier alpha value is -2.67. The zero-order chi connectivity index (χ0) is 23.0. The predicted molar refractivity (Wildman–Crippen MR) is 137 cm³/mol. The van der Waals surface area contributed by atoms with Crippen molar-refractivity contribution in [2.24, 2.45) is 4.99 Å². The molecule has 0 unspecified atom stereocenters. The first-order valence-electron chi connectivity index (χ1n) is 9.95. The summed E-state index contributed by atoms with van der Waals surface area (Å²) in [6, 6.07) is 15.7. The van der Waals surface area contributed by atoms with Crippen molar-refractivity contribution in [2.45, 2.75) is 13.8 Å². The average Bonchev–Trinajstić information content (AvgIpc) is 3.23. The van der Waals surface area contributed by atoms with Gasteiger partial charge < -0.3 is 14.8 Å². The molecule has 1 N–H and O–H groups in total. The van der Waals surface area contributed by atoms with Gasteiger partial charge in [-0.15, -0.1) is 0 Å². The van der Waals surface area contributed by atoms with Gasteiger partial charge in [0.1, 0.15) is 0 Å². The van der Waals surface area contributed by atoms with Crippen molar-refractivity contribution in [1.29, 1.82) is 0 Å². The molecule has 0 bridgehead atoms. The molecule has 1 aromatic heterocycles. The highest BCUT2D eigenvalue weighted by Crippen LogP contribution is 2.35. The zero-order valence-corrected chi connectivity index (χ0v) is 20.4. The largest absolute Gasteiger partial charge is 0.378 e. The number of hydrogen-bond donors (Lipinski definition) is 1. The lowest BCUT2D eigenvalue weighted by molar-refractivity contribution is -0.115. The van der Waals surface area contributed by atoms with Crippen molar-refractivity contribution in [3.63, 3.8) is 0 Å². The summed E-state index contributed by atoms with van der Waals surface area (Å²) in [5.74, 6) is -0.188. The number of anilines is 1. The van der Waals surface area contributed by atoms with Crippen LogP contribution in [0.4, 0.5) is 11.4 Å². The number of nitrogens with one attached hydrogen (secondary N) is 1. The van der Waals surface area contributed by atoms with E-state index in [2.05, 4.69) is 64.0 Å². The fourth-order valence-electron chi connectivity index (χ4n) is 3.54. The molecule has 0 radical (unpaired) electrons. The van der Waals surface area contributed by atoms with Gasteiger partial charge in [0.25, 0.3) is 5.91 Å². The molecule has 0 saturated carbocycles. The molecule has 1 amide bonds. The van der Waals surface area contributed by atoms with Crippen molar-refractivity contribution >= 4 is 63.5 Å². The van der Waals surface area contributed by atoms with E-state index in [1.165, 1.54) is 11.8 Å². The third kappa shape index (κ3) is 4.44. The number of benzene rings is 2. The van der Waals surface area contributed by atoms with Crippen LogP contribution >= 0.6 is 35.0 Å². The van der Waals surface area contributed by atoms with E-state index in [0.717, 1.165) is 28.3 Å². The van der Waals surface area contributed by atoms with Crippen molar-refractivity contribution in [3.8, 4) is 5.69 Å². The lowest BCUT2D eigenvalue weighted by Gasteiger charge is -2.14. The number of rotatable bonds is 4. The van der Waals surface area contributed by atoms with E-state index in [4.69, 9.17) is 23.2 Å². The first kappa shape index (κ1) is 22.5. The summed E-state index contributed by atoms with van der Waals surface area (Å²) in [5, 5.41) is 4.05. The minimum Gasteiger partial charge on any atom is -0.378 e. The van der Waals surface area contributed by atoms with Crippen molar-refractivity contribution in [1.82, 2.24) is 9.88 Å². The monoisotopic (exact) mass is 484 g/mol. The van der Waals surface area contributed by atoms with E-state index >= 15 is 0 Å². The summed E-state index contributed by atoms with van der Waals surface area (Å²) in [4.78, 5) is 19.7. The second kappa shape index (κ2) is 9.06. The van der Waals surface area contributed by atoms with E-state index < -0.39 is 0 Å². The number of carbonyl (C=O) groups excluding carboxylic acids is 1. The number of hydrogen-bond acceptors (Lipinski definition) is 4. The van der Waals surface area contributed by atoms with Crippen molar-refractivity contribution < 1.29 is 4.79 Å². The zero-order valence-electron chi connectivity index (χ0n) is 18.1. The molecular formula is C24H22Cl2N4OS. The molecule has 2 heterocycles. The van der Waals surface area contributed by atoms with Gasteiger partial charge in [0.15, 0.2) is 5.17 Å². The number of carbonyl (C=O) groups is 1. The van der Waals surface area contributed by atoms with Crippen LogP contribution in [0.1, 0.15) is 17.0 Å². The number of nitrogens with zero attached hydrogens (tertiary/aromatic N) is 3. The van der Waals surface area contributed by atoms with Gasteiger partial charge in [-0.25, -0.2) is 4.99 Å². The molecule has 32 heavy (non-hydrogen) atoms.